The predicted octanol–water partition coefficient (Wildman–Crippen LogP) is 4.21. The van der Waals surface area contributed by atoms with Crippen LogP contribution in [0.4, 0.5) is 16.3 Å². The Balaban J connectivity index is 0.00000342. The Morgan fingerprint density at radius 2 is 1.91 bits per heavy atom. The Bertz CT molecular complexity index is 1320. The largest absolute Gasteiger partial charge is 0.489 e. The minimum Gasteiger partial charge on any atom is -0.489 e. The number of aromatic nitrogens is 1. The maximum atomic E-state index is 12.4. The number of carbonyl (C=O) groups is 2. The summed E-state index contributed by atoms with van der Waals surface area (Å²) in [6, 6.07) is 16.0. The first kappa shape index (κ1) is 25.8. The van der Waals surface area contributed by atoms with Crippen LogP contribution in [0.5, 0.6) is 11.5 Å². The molecule has 0 spiro atoms. The van der Waals surface area contributed by atoms with Crippen LogP contribution in [0.25, 0.3) is 10.1 Å². The molecule has 0 unspecified atom stereocenters. The van der Waals surface area contributed by atoms with E-state index in [1.54, 1.807) is 48.5 Å². The van der Waals surface area contributed by atoms with Crippen molar-refractivity contribution < 1.29 is 24.2 Å². The summed E-state index contributed by atoms with van der Waals surface area (Å²) in [7, 11) is 0. The molecule has 0 atom stereocenters. The number of aliphatic hydroxyl groups excluding tert-OH is 1. The van der Waals surface area contributed by atoms with E-state index >= 15 is 0 Å². The number of pyridine rings is 1. The number of benzene rings is 2. The fourth-order valence-electron chi connectivity index (χ4n) is 3.20. The average molecular weight is 515 g/mol. The average Bonchev–Trinajstić information content (AvgIpc) is 3.29. The van der Waals surface area contributed by atoms with E-state index in [0.717, 1.165) is 5.56 Å². The van der Waals surface area contributed by atoms with Gasteiger partial charge in [0.1, 0.15) is 18.2 Å². The SMILES string of the molecule is Cl.Nc1ncc(OC(=O)NCCO)c2scc(COc3cccc(NC(=O)c4ccccc4)c3)c12. The van der Waals surface area contributed by atoms with Gasteiger partial charge in [-0.2, -0.15) is 0 Å². The number of thiophene rings is 1. The number of nitrogens with two attached hydrogens (primary N) is 1. The highest BCUT2D eigenvalue weighted by molar-refractivity contribution is 7.17. The van der Waals surface area contributed by atoms with Crippen LogP contribution in [-0.4, -0.2) is 35.2 Å². The number of aliphatic hydroxyl groups is 1. The molecule has 0 radical (unpaired) electrons. The minimum atomic E-state index is -0.692. The first-order chi connectivity index (χ1) is 16.5. The Morgan fingerprint density at radius 1 is 1.11 bits per heavy atom. The maximum absolute atomic E-state index is 12.4. The van der Waals surface area contributed by atoms with E-state index in [2.05, 4.69) is 15.6 Å². The van der Waals surface area contributed by atoms with Gasteiger partial charge in [-0.05, 0) is 29.6 Å². The third-order valence-corrected chi connectivity index (χ3v) is 5.82. The lowest BCUT2D eigenvalue weighted by Gasteiger charge is -2.10. The normalized spacial score (nSPS) is 10.3. The number of ether oxygens (including phenoxy) is 2. The molecule has 0 aliphatic carbocycles. The first-order valence-electron chi connectivity index (χ1n) is 10.4. The molecule has 2 amide bonds. The smallest absolute Gasteiger partial charge is 0.412 e. The molecule has 4 aromatic rings. The van der Waals surface area contributed by atoms with Gasteiger partial charge in [0.2, 0.25) is 0 Å². The third kappa shape index (κ3) is 6.38. The van der Waals surface area contributed by atoms with Gasteiger partial charge in [0.15, 0.2) is 5.75 Å². The van der Waals surface area contributed by atoms with Crippen molar-refractivity contribution in [2.24, 2.45) is 0 Å². The van der Waals surface area contributed by atoms with E-state index in [9.17, 15) is 9.59 Å². The van der Waals surface area contributed by atoms with Crippen LogP contribution in [-0.2, 0) is 6.61 Å². The van der Waals surface area contributed by atoms with E-state index in [1.165, 1.54) is 17.5 Å². The van der Waals surface area contributed by atoms with Crippen LogP contribution in [0, 0.1) is 0 Å². The molecule has 35 heavy (non-hydrogen) atoms. The quantitative estimate of drug-likeness (QED) is 0.276. The number of anilines is 2. The van der Waals surface area contributed by atoms with Gasteiger partial charge in [-0.15, -0.1) is 23.7 Å². The topological polar surface area (TPSA) is 136 Å². The number of carbonyl (C=O) groups excluding carboxylic acids is 2. The molecule has 0 aliphatic rings. The molecule has 0 fully saturated rings. The van der Waals surface area contributed by atoms with Crippen LogP contribution in [0.2, 0.25) is 0 Å². The molecule has 11 heteroatoms. The van der Waals surface area contributed by atoms with E-state index < -0.39 is 6.09 Å². The van der Waals surface area contributed by atoms with Crippen molar-refractivity contribution in [3.05, 3.63) is 77.3 Å². The predicted molar refractivity (Wildman–Crippen MR) is 138 cm³/mol. The molecule has 5 N–H and O–H groups in total. The molecule has 4 rings (SSSR count). The Morgan fingerprint density at radius 3 is 2.69 bits per heavy atom. The number of halogens is 1. The van der Waals surface area contributed by atoms with Gasteiger partial charge in [-0.1, -0.05) is 24.3 Å². The second-order valence-electron chi connectivity index (χ2n) is 7.15. The molecule has 2 aromatic heterocycles. The monoisotopic (exact) mass is 514 g/mol. The lowest BCUT2D eigenvalue weighted by Crippen LogP contribution is -2.29. The number of nitrogen functional groups attached to an aromatic ring is 1. The van der Waals surface area contributed by atoms with Crippen LogP contribution in [0.15, 0.2) is 66.2 Å². The summed E-state index contributed by atoms with van der Waals surface area (Å²) in [5.74, 6) is 0.909. The third-order valence-electron chi connectivity index (χ3n) is 4.77. The van der Waals surface area contributed by atoms with Crippen molar-refractivity contribution in [1.29, 1.82) is 0 Å². The van der Waals surface area contributed by atoms with Crippen LogP contribution < -0.4 is 25.8 Å². The van der Waals surface area contributed by atoms with E-state index in [0.29, 0.717) is 32.9 Å². The standard InChI is InChI=1S/C24H22N4O5S.ClH/c25-22-20-16(14-34-21(20)19(12-27-22)33-24(31)26-9-10-29)13-32-18-8-4-7-17(11-18)28-23(30)15-5-2-1-3-6-15;/h1-8,11-12,14,29H,9-10,13H2,(H2,25,27)(H,26,31)(H,28,30);1H. The van der Waals surface area contributed by atoms with Gasteiger partial charge in [-0.3, -0.25) is 4.79 Å². The summed E-state index contributed by atoms with van der Waals surface area (Å²) < 4.78 is 11.9. The first-order valence-corrected chi connectivity index (χ1v) is 11.2. The maximum Gasteiger partial charge on any atom is 0.412 e. The van der Waals surface area contributed by atoms with Crippen LogP contribution in [0.1, 0.15) is 15.9 Å². The van der Waals surface area contributed by atoms with Gasteiger partial charge in [-0.25, -0.2) is 9.78 Å². The van der Waals surface area contributed by atoms with Crippen molar-refractivity contribution in [3.63, 3.8) is 0 Å². The fourth-order valence-corrected chi connectivity index (χ4v) is 4.21. The number of nitrogens with zero attached hydrogens (tertiary/aromatic N) is 1. The number of amides is 2. The number of rotatable bonds is 8. The van der Waals surface area contributed by atoms with Gasteiger partial charge in [0.25, 0.3) is 5.91 Å². The molecular weight excluding hydrogens is 492 g/mol. The summed E-state index contributed by atoms with van der Waals surface area (Å²) in [5, 5.41) is 16.6. The molecule has 0 aliphatic heterocycles. The molecule has 182 valence electrons. The van der Waals surface area contributed by atoms with E-state index in [-0.39, 0.29) is 43.8 Å². The van der Waals surface area contributed by atoms with Crippen molar-refractivity contribution in [2.45, 2.75) is 6.61 Å². The zero-order valence-electron chi connectivity index (χ0n) is 18.4. The van der Waals surface area contributed by atoms with Gasteiger partial charge >= 0.3 is 6.09 Å². The Hall–Kier alpha value is -3.86. The summed E-state index contributed by atoms with van der Waals surface area (Å²) in [4.78, 5) is 28.4. The number of fused-ring (bicyclic) bond motifs is 1. The molecule has 2 aromatic carbocycles. The minimum absolute atomic E-state index is 0. The van der Waals surface area contributed by atoms with Crippen molar-refractivity contribution in [3.8, 4) is 11.5 Å². The Labute approximate surface area is 211 Å². The number of hydrogen-bond donors (Lipinski definition) is 4. The lowest BCUT2D eigenvalue weighted by atomic mass is 10.2. The lowest BCUT2D eigenvalue weighted by molar-refractivity contribution is 0.102. The summed E-state index contributed by atoms with van der Waals surface area (Å²) in [5.41, 5.74) is 8.03. The zero-order valence-corrected chi connectivity index (χ0v) is 20.0. The summed E-state index contributed by atoms with van der Waals surface area (Å²) in [6.07, 6.45) is 0.693. The van der Waals surface area contributed by atoms with E-state index in [1.807, 2.05) is 11.4 Å². The van der Waals surface area contributed by atoms with Gasteiger partial charge in [0.05, 0.1) is 17.5 Å². The number of hydrogen-bond acceptors (Lipinski definition) is 8. The van der Waals surface area contributed by atoms with Gasteiger partial charge in [0, 0.05) is 34.8 Å². The number of nitrogens with one attached hydrogen (secondary N) is 2. The molecule has 2 heterocycles. The zero-order chi connectivity index (χ0) is 23.9. The molecular formula is C24H23ClN4O5S. The fraction of sp³-hybridized carbons (Fsp3) is 0.125. The van der Waals surface area contributed by atoms with Gasteiger partial charge < -0.3 is 30.9 Å². The summed E-state index contributed by atoms with van der Waals surface area (Å²) in [6.45, 7) is 0.0863. The van der Waals surface area contributed by atoms with Crippen LogP contribution >= 0.6 is 23.7 Å². The van der Waals surface area contributed by atoms with Crippen molar-refractivity contribution in [2.75, 3.05) is 24.2 Å². The van der Waals surface area contributed by atoms with Crippen molar-refractivity contribution >= 4 is 57.3 Å². The van der Waals surface area contributed by atoms with Crippen LogP contribution in [0.3, 0.4) is 0 Å². The molecule has 0 saturated heterocycles. The molecule has 0 bridgehead atoms. The molecule has 9 nitrogen and oxygen atoms in total. The highest BCUT2D eigenvalue weighted by Gasteiger charge is 2.16. The second kappa shape index (κ2) is 12.0. The van der Waals surface area contributed by atoms with Crippen molar-refractivity contribution in [1.82, 2.24) is 10.3 Å². The Kier molecular flexibility index (Phi) is 8.85. The highest BCUT2D eigenvalue weighted by Crippen LogP contribution is 2.37. The second-order valence-corrected chi connectivity index (χ2v) is 8.03. The van der Waals surface area contributed by atoms with E-state index in [4.69, 9.17) is 20.3 Å². The highest BCUT2D eigenvalue weighted by atomic mass is 35.5. The molecule has 0 saturated carbocycles. The summed E-state index contributed by atoms with van der Waals surface area (Å²) >= 11 is 1.35.